The maximum atomic E-state index is 10.7. The molecule has 210 valence electrons. The number of rotatable bonds is 20. The van der Waals surface area contributed by atoms with Crippen LogP contribution in [0, 0.1) is 30.6 Å². The van der Waals surface area contributed by atoms with E-state index in [4.69, 9.17) is 9.47 Å². The molecule has 0 spiro atoms. The molecule has 0 heterocycles. The zero-order valence-electron chi connectivity index (χ0n) is 24.9. The van der Waals surface area contributed by atoms with E-state index in [9.17, 15) is 10.2 Å². The molecule has 0 fully saturated rings. The van der Waals surface area contributed by atoms with E-state index in [2.05, 4.69) is 34.6 Å². The number of benzene rings is 1. The molecule has 4 unspecified atom stereocenters. The van der Waals surface area contributed by atoms with E-state index < -0.39 is 0 Å². The van der Waals surface area contributed by atoms with Gasteiger partial charge in [0.1, 0.15) is 0 Å². The Labute approximate surface area is 223 Å². The van der Waals surface area contributed by atoms with Crippen molar-refractivity contribution in [2.75, 3.05) is 14.2 Å². The van der Waals surface area contributed by atoms with E-state index in [1.165, 1.54) is 91.3 Å². The van der Waals surface area contributed by atoms with Crippen LogP contribution < -0.4 is 9.47 Å². The lowest BCUT2D eigenvalue weighted by molar-refractivity contribution is 0.313. The van der Waals surface area contributed by atoms with Gasteiger partial charge in [0, 0.05) is 11.1 Å². The molecule has 0 aliphatic rings. The van der Waals surface area contributed by atoms with Gasteiger partial charge in [-0.1, -0.05) is 112 Å². The van der Waals surface area contributed by atoms with Gasteiger partial charge in [0.15, 0.2) is 11.5 Å². The third-order valence-corrected chi connectivity index (χ3v) is 8.26. The summed E-state index contributed by atoms with van der Waals surface area (Å²) < 4.78 is 10.5. The van der Waals surface area contributed by atoms with Crippen molar-refractivity contribution in [2.24, 2.45) is 23.7 Å². The minimum absolute atomic E-state index is 0.0551. The minimum atomic E-state index is 0.0551. The second kappa shape index (κ2) is 17.8. The van der Waals surface area contributed by atoms with Crippen molar-refractivity contribution >= 4 is 0 Å². The maximum Gasteiger partial charge on any atom is 0.207 e. The highest BCUT2D eigenvalue weighted by atomic mass is 16.5. The van der Waals surface area contributed by atoms with Gasteiger partial charge in [0.2, 0.25) is 11.5 Å². The third-order valence-electron chi connectivity index (χ3n) is 8.26. The van der Waals surface area contributed by atoms with Crippen molar-refractivity contribution in [3.05, 3.63) is 11.1 Å². The Bertz CT molecular complexity index is 730. The van der Waals surface area contributed by atoms with E-state index in [0.29, 0.717) is 11.5 Å². The van der Waals surface area contributed by atoms with Crippen LogP contribution in [-0.4, -0.2) is 24.4 Å². The van der Waals surface area contributed by atoms with Crippen LogP contribution in [0.3, 0.4) is 0 Å². The molecule has 1 rings (SSSR count). The highest BCUT2D eigenvalue weighted by molar-refractivity contribution is 5.65. The fraction of sp³-hybridized carbons (Fsp3) is 0.812. The smallest absolute Gasteiger partial charge is 0.207 e. The first-order valence-corrected chi connectivity index (χ1v) is 14.8. The molecular weight excluding hydrogens is 448 g/mol. The van der Waals surface area contributed by atoms with E-state index in [-0.39, 0.29) is 23.0 Å². The SMILES string of the molecule is CCCCC(C)CCCC(C)CCCC(C)CCCC(C)CCc1c(C)c(O)c(OC)c(OC)c1O. The van der Waals surface area contributed by atoms with Crippen molar-refractivity contribution in [3.8, 4) is 23.0 Å². The molecule has 0 radical (unpaired) electrons. The van der Waals surface area contributed by atoms with Gasteiger partial charge in [-0.25, -0.2) is 0 Å². The molecule has 4 heteroatoms. The van der Waals surface area contributed by atoms with Gasteiger partial charge in [0.25, 0.3) is 0 Å². The molecule has 4 nitrogen and oxygen atoms in total. The highest BCUT2D eigenvalue weighted by Crippen LogP contribution is 2.48. The summed E-state index contributed by atoms with van der Waals surface area (Å²) >= 11 is 0. The second-order valence-electron chi connectivity index (χ2n) is 11.8. The zero-order chi connectivity index (χ0) is 27.1. The normalized spacial score (nSPS) is 14.9. The van der Waals surface area contributed by atoms with Gasteiger partial charge in [-0.15, -0.1) is 0 Å². The molecule has 2 N–H and O–H groups in total. The molecule has 0 aliphatic heterocycles. The molecule has 36 heavy (non-hydrogen) atoms. The molecule has 0 amide bonds. The summed E-state index contributed by atoms with van der Waals surface area (Å²) in [5, 5.41) is 21.1. The lowest BCUT2D eigenvalue weighted by Gasteiger charge is -2.19. The zero-order valence-corrected chi connectivity index (χ0v) is 24.9. The van der Waals surface area contributed by atoms with Crippen molar-refractivity contribution in [1.29, 1.82) is 0 Å². The van der Waals surface area contributed by atoms with Crippen LogP contribution in [0.25, 0.3) is 0 Å². The highest BCUT2D eigenvalue weighted by Gasteiger charge is 2.23. The quantitative estimate of drug-likeness (QED) is 0.173. The van der Waals surface area contributed by atoms with Crippen LogP contribution in [-0.2, 0) is 6.42 Å². The largest absolute Gasteiger partial charge is 0.504 e. The maximum absolute atomic E-state index is 10.7. The monoisotopic (exact) mass is 506 g/mol. The number of ether oxygens (including phenoxy) is 2. The van der Waals surface area contributed by atoms with Crippen molar-refractivity contribution in [1.82, 2.24) is 0 Å². The lowest BCUT2D eigenvalue weighted by Crippen LogP contribution is -2.04. The van der Waals surface area contributed by atoms with Gasteiger partial charge >= 0.3 is 0 Å². The predicted molar refractivity (Wildman–Crippen MR) is 154 cm³/mol. The summed E-state index contributed by atoms with van der Waals surface area (Å²) in [6.07, 6.45) is 17.9. The number of methoxy groups -OCH3 is 2. The van der Waals surface area contributed by atoms with Crippen LogP contribution in [0.1, 0.15) is 129 Å². The first-order valence-electron chi connectivity index (χ1n) is 14.8. The lowest BCUT2D eigenvalue weighted by atomic mass is 9.89. The van der Waals surface area contributed by atoms with Gasteiger partial charge in [-0.3, -0.25) is 0 Å². The van der Waals surface area contributed by atoms with Crippen LogP contribution in [0.2, 0.25) is 0 Å². The molecular formula is C32H58O4. The number of hydrogen-bond acceptors (Lipinski definition) is 4. The summed E-state index contributed by atoms with van der Waals surface area (Å²) in [5.74, 6) is 3.70. The average molecular weight is 507 g/mol. The number of aromatic hydroxyl groups is 2. The Kier molecular flexibility index (Phi) is 16.0. The standard InChI is InChI=1S/C32H58O4/c1-9-10-14-23(2)15-11-16-24(3)17-12-18-25(4)19-13-20-26(5)21-22-28-27(6)29(33)31(35-7)32(36-8)30(28)34/h23-26,33-34H,9-22H2,1-8H3. The Hall–Kier alpha value is -1.58. The van der Waals surface area contributed by atoms with Crippen molar-refractivity contribution < 1.29 is 19.7 Å². The first kappa shape index (κ1) is 32.4. The molecule has 0 saturated heterocycles. The number of hydrogen-bond donors (Lipinski definition) is 2. The topological polar surface area (TPSA) is 58.9 Å². The molecule has 1 aromatic rings. The predicted octanol–water partition coefficient (Wildman–Crippen LogP) is 9.60. The van der Waals surface area contributed by atoms with E-state index in [1.54, 1.807) is 0 Å². The minimum Gasteiger partial charge on any atom is -0.504 e. The van der Waals surface area contributed by atoms with E-state index in [1.807, 2.05) is 6.92 Å². The van der Waals surface area contributed by atoms with Gasteiger partial charge in [-0.05, 0) is 43.4 Å². The fourth-order valence-corrected chi connectivity index (χ4v) is 5.49. The number of unbranched alkanes of at least 4 members (excludes halogenated alkanes) is 1. The Morgan fingerprint density at radius 2 is 0.944 bits per heavy atom. The number of phenols is 2. The third kappa shape index (κ3) is 11.2. The Morgan fingerprint density at radius 3 is 1.33 bits per heavy atom. The molecule has 0 saturated carbocycles. The van der Waals surface area contributed by atoms with E-state index in [0.717, 1.165) is 36.2 Å². The summed E-state index contributed by atoms with van der Waals surface area (Å²) in [6.45, 7) is 13.7. The fourth-order valence-electron chi connectivity index (χ4n) is 5.49. The number of phenolic OH excluding ortho intramolecular Hbond substituents is 2. The van der Waals surface area contributed by atoms with Crippen LogP contribution in [0.4, 0.5) is 0 Å². The summed E-state index contributed by atoms with van der Waals surface area (Å²) in [6, 6.07) is 0. The van der Waals surface area contributed by atoms with Crippen molar-refractivity contribution in [2.45, 2.75) is 131 Å². The molecule has 0 bridgehead atoms. The van der Waals surface area contributed by atoms with Gasteiger partial charge < -0.3 is 19.7 Å². The second-order valence-corrected chi connectivity index (χ2v) is 11.8. The molecule has 0 aliphatic carbocycles. The van der Waals surface area contributed by atoms with Gasteiger partial charge in [0.05, 0.1) is 14.2 Å². The van der Waals surface area contributed by atoms with E-state index >= 15 is 0 Å². The first-order chi connectivity index (χ1) is 17.2. The molecule has 4 atom stereocenters. The van der Waals surface area contributed by atoms with Crippen molar-refractivity contribution in [3.63, 3.8) is 0 Å². The summed E-state index contributed by atoms with van der Waals surface area (Å²) in [4.78, 5) is 0. The average Bonchev–Trinajstić information content (AvgIpc) is 2.84. The molecule has 1 aromatic carbocycles. The van der Waals surface area contributed by atoms with Crippen LogP contribution >= 0.6 is 0 Å². The van der Waals surface area contributed by atoms with Crippen LogP contribution in [0.5, 0.6) is 23.0 Å². The summed E-state index contributed by atoms with van der Waals surface area (Å²) in [5.41, 5.74) is 1.43. The van der Waals surface area contributed by atoms with Gasteiger partial charge in [-0.2, -0.15) is 0 Å². The molecule has 0 aromatic heterocycles. The summed E-state index contributed by atoms with van der Waals surface area (Å²) in [7, 11) is 2.95. The Morgan fingerprint density at radius 1 is 0.583 bits per heavy atom. The Balaban J connectivity index is 2.28. The van der Waals surface area contributed by atoms with Crippen LogP contribution in [0.15, 0.2) is 0 Å².